The van der Waals surface area contributed by atoms with Crippen LogP contribution in [0.5, 0.6) is 0 Å². The lowest BCUT2D eigenvalue weighted by Crippen LogP contribution is -2.17. The molecule has 0 heterocycles. The molecule has 0 bridgehead atoms. The van der Waals surface area contributed by atoms with Gasteiger partial charge in [0, 0.05) is 45.0 Å². The van der Waals surface area contributed by atoms with Gasteiger partial charge in [0.05, 0.1) is 0 Å². The van der Waals surface area contributed by atoms with Crippen molar-refractivity contribution in [3.8, 4) is 44.5 Å². The van der Waals surface area contributed by atoms with Crippen molar-refractivity contribution in [3.63, 3.8) is 0 Å². The lowest BCUT2D eigenvalue weighted by Gasteiger charge is -2.29. The Balaban J connectivity index is 0.955. The Bertz CT molecular complexity index is 3160. The summed E-state index contributed by atoms with van der Waals surface area (Å²) in [5.74, 6) is 0. The number of fused-ring (bicyclic) bond motifs is 6. The molecule has 2 aliphatic carbocycles. The van der Waals surface area contributed by atoms with Gasteiger partial charge < -0.3 is 9.80 Å². The monoisotopic (exact) mass is 810 g/mol. The van der Waals surface area contributed by atoms with Crippen LogP contribution in [-0.4, -0.2) is 0 Å². The normalized spacial score (nSPS) is 13.7. The van der Waals surface area contributed by atoms with Crippen LogP contribution in [0.15, 0.2) is 212 Å². The van der Waals surface area contributed by atoms with Crippen LogP contribution in [-0.2, 0) is 10.8 Å². The van der Waals surface area contributed by atoms with E-state index in [4.69, 9.17) is 0 Å². The van der Waals surface area contributed by atoms with E-state index in [2.05, 4.69) is 257 Å². The van der Waals surface area contributed by atoms with Gasteiger partial charge in [-0.15, -0.1) is 0 Å². The predicted octanol–water partition coefficient (Wildman–Crippen LogP) is 16.9. The first-order chi connectivity index (χ1) is 30.7. The highest BCUT2D eigenvalue weighted by Crippen LogP contribution is 2.52. The minimum Gasteiger partial charge on any atom is -0.310 e. The van der Waals surface area contributed by atoms with E-state index in [0.717, 1.165) is 28.4 Å². The topological polar surface area (TPSA) is 6.48 Å². The van der Waals surface area contributed by atoms with Gasteiger partial charge in [0.2, 0.25) is 0 Å². The van der Waals surface area contributed by atoms with Crippen molar-refractivity contribution in [1.29, 1.82) is 0 Å². The Hall–Kier alpha value is -7.42. The molecule has 0 aromatic heterocycles. The third-order valence-corrected chi connectivity index (χ3v) is 13.8. The molecule has 63 heavy (non-hydrogen) atoms. The molecule has 0 amide bonds. The van der Waals surface area contributed by atoms with Crippen LogP contribution in [0.4, 0.5) is 34.1 Å². The highest BCUT2D eigenvalue weighted by Gasteiger charge is 2.37. The van der Waals surface area contributed by atoms with Gasteiger partial charge in [-0.3, -0.25) is 0 Å². The summed E-state index contributed by atoms with van der Waals surface area (Å²) >= 11 is 0. The van der Waals surface area contributed by atoms with E-state index >= 15 is 0 Å². The van der Waals surface area contributed by atoms with E-state index in [9.17, 15) is 0 Å². The van der Waals surface area contributed by atoms with E-state index in [1.165, 1.54) is 78.0 Å². The first kappa shape index (κ1) is 38.5. The summed E-state index contributed by atoms with van der Waals surface area (Å²) in [6, 6.07) is 78.2. The van der Waals surface area contributed by atoms with Gasteiger partial charge in [0.1, 0.15) is 0 Å². The maximum atomic E-state index is 2.42. The van der Waals surface area contributed by atoms with Gasteiger partial charge >= 0.3 is 0 Å². The minimum atomic E-state index is -0.0995. The fourth-order valence-electron chi connectivity index (χ4n) is 10.4. The van der Waals surface area contributed by atoms with Crippen LogP contribution >= 0.6 is 0 Å². The van der Waals surface area contributed by atoms with E-state index in [-0.39, 0.29) is 10.8 Å². The highest BCUT2D eigenvalue weighted by molar-refractivity contribution is 5.89. The van der Waals surface area contributed by atoms with Gasteiger partial charge in [-0.2, -0.15) is 0 Å². The summed E-state index contributed by atoms with van der Waals surface area (Å²) in [6.07, 6.45) is 0. The Morgan fingerprint density at radius 1 is 0.286 bits per heavy atom. The lowest BCUT2D eigenvalue weighted by atomic mass is 9.82. The summed E-state index contributed by atoms with van der Waals surface area (Å²) < 4.78 is 0. The smallest absolute Gasteiger partial charge is 0.0491 e. The highest BCUT2D eigenvalue weighted by atomic mass is 15.1. The third kappa shape index (κ3) is 6.40. The Kier molecular flexibility index (Phi) is 9.10. The average molecular weight is 811 g/mol. The van der Waals surface area contributed by atoms with Crippen molar-refractivity contribution in [3.05, 3.63) is 240 Å². The van der Waals surface area contributed by atoms with Crippen molar-refractivity contribution in [1.82, 2.24) is 0 Å². The zero-order chi connectivity index (χ0) is 42.9. The van der Waals surface area contributed by atoms with Crippen LogP contribution in [0, 0.1) is 6.92 Å². The predicted molar refractivity (Wildman–Crippen MR) is 267 cm³/mol. The molecule has 0 aliphatic heterocycles. The van der Waals surface area contributed by atoms with Crippen LogP contribution in [0.1, 0.15) is 55.5 Å². The molecule has 9 aromatic carbocycles. The van der Waals surface area contributed by atoms with Gasteiger partial charge in [-0.05, 0) is 152 Å². The number of aryl methyl sites for hydroxylation is 1. The van der Waals surface area contributed by atoms with E-state index in [1.807, 2.05) is 0 Å². The van der Waals surface area contributed by atoms with E-state index < -0.39 is 0 Å². The second kappa shape index (κ2) is 14.9. The molecule has 0 saturated carbocycles. The molecule has 0 saturated heterocycles. The fourth-order valence-corrected chi connectivity index (χ4v) is 10.4. The van der Waals surface area contributed by atoms with E-state index in [0.29, 0.717) is 0 Å². The Labute approximate surface area is 372 Å². The largest absolute Gasteiger partial charge is 0.310 e. The van der Waals surface area contributed by atoms with Crippen molar-refractivity contribution < 1.29 is 0 Å². The Morgan fingerprint density at radius 2 is 0.667 bits per heavy atom. The molecule has 0 unspecified atom stereocenters. The number of hydrogen-bond donors (Lipinski definition) is 0. The third-order valence-electron chi connectivity index (χ3n) is 13.8. The molecule has 0 N–H and O–H groups in total. The molecular weight excluding hydrogens is 761 g/mol. The quantitative estimate of drug-likeness (QED) is 0.151. The van der Waals surface area contributed by atoms with Crippen LogP contribution in [0.3, 0.4) is 0 Å². The number of hydrogen-bond acceptors (Lipinski definition) is 2. The van der Waals surface area contributed by atoms with Crippen LogP contribution in [0.2, 0.25) is 0 Å². The zero-order valence-electron chi connectivity index (χ0n) is 36.6. The molecule has 0 radical (unpaired) electrons. The number of rotatable bonds is 8. The molecule has 2 aliphatic rings. The van der Waals surface area contributed by atoms with Crippen molar-refractivity contribution in [2.75, 3.05) is 9.80 Å². The molecule has 9 aromatic rings. The standard InChI is InChI=1S/C61H50N2/c1-41-38-45(28-37-59(41)63(46-18-10-7-11-19-46)50-34-36-54-52-21-13-15-23-56(52)61(4,5)58(54)40-50)44-26-31-48(32-27-44)62(47-29-24-43(25-30-47)42-16-8-6-9-17-42)49-33-35-53-51-20-12-14-22-55(51)60(2,3)57(53)39-49/h6-40H,1-5H3. The number of anilines is 6. The number of nitrogens with zero attached hydrogens (tertiary/aromatic N) is 2. The molecular formula is C61H50N2. The maximum absolute atomic E-state index is 2.42. The maximum Gasteiger partial charge on any atom is 0.0491 e. The molecule has 304 valence electrons. The number of benzene rings is 9. The van der Waals surface area contributed by atoms with Gasteiger partial charge in [0.15, 0.2) is 0 Å². The average Bonchev–Trinajstić information content (AvgIpc) is 3.70. The van der Waals surface area contributed by atoms with E-state index in [1.54, 1.807) is 0 Å². The summed E-state index contributed by atoms with van der Waals surface area (Å²) in [6.45, 7) is 11.7. The fraction of sp³-hybridized carbons (Fsp3) is 0.115. The molecule has 0 fully saturated rings. The molecule has 11 rings (SSSR count). The van der Waals surface area contributed by atoms with Crippen molar-refractivity contribution in [2.24, 2.45) is 0 Å². The lowest BCUT2D eigenvalue weighted by molar-refractivity contribution is 0.660. The van der Waals surface area contributed by atoms with Crippen LogP contribution in [0.25, 0.3) is 44.5 Å². The summed E-state index contributed by atoms with van der Waals surface area (Å²) in [5, 5.41) is 0. The van der Waals surface area contributed by atoms with Gasteiger partial charge in [-0.25, -0.2) is 0 Å². The van der Waals surface area contributed by atoms with Gasteiger partial charge in [0.25, 0.3) is 0 Å². The summed E-state index contributed by atoms with van der Waals surface area (Å²) in [7, 11) is 0. The number of para-hydroxylation sites is 1. The Morgan fingerprint density at radius 3 is 1.19 bits per heavy atom. The van der Waals surface area contributed by atoms with Crippen molar-refractivity contribution >= 4 is 34.1 Å². The molecule has 0 atom stereocenters. The SMILES string of the molecule is Cc1cc(-c2ccc(N(c3ccc(-c4ccccc4)cc3)c3ccc4c(c3)C(C)(C)c3ccccc3-4)cc2)ccc1N(c1ccccc1)c1ccc2c(c1)C(C)(C)c1ccccc1-2. The van der Waals surface area contributed by atoms with Crippen molar-refractivity contribution in [2.45, 2.75) is 45.4 Å². The van der Waals surface area contributed by atoms with Crippen LogP contribution < -0.4 is 9.80 Å². The molecule has 2 nitrogen and oxygen atoms in total. The van der Waals surface area contributed by atoms with Gasteiger partial charge in [-0.1, -0.05) is 167 Å². The zero-order valence-corrected chi connectivity index (χ0v) is 36.6. The first-order valence-electron chi connectivity index (χ1n) is 22.2. The second-order valence-corrected chi connectivity index (χ2v) is 18.3. The second-order valence-electron chi connectivity index (χ2n) is 18.3. The first-order valence-corrected chi connectivity index (χ1v) is 22.2. The molecule has 0 spiro atoms. The summed E-state index contributed by atoms with van der Waals surface area (Å²) in [4.78, 5) is 4.82. The molecule has 2 heteroatoms. The summed E-state index contributed by atoms with van der Waals surface area (Å²) in [5.41, 5.74) is 23.5. The minimum absolute atomic E-state index is 0.0838.